The molecule has 21 heavy (non-hydrogen) atoms. The lowest BCUT2D eigenvalue weighted by molar-refractivity contribution is 0.0440. The van der Waals surface area contributed by atoms with Gasteiger partial charge in [-0.25, -0.2) is 0 Å². The SMILES string of the molecule is CNC(c1ccccc1)C(C)CN1CCCC(C)(O)CC1. The van der Waals surface area contributed by atoms with E-state index in [0.29, 0.717) is 12.0 Å². The molecule has 2 N–H and O–H groups in total. The molecule has 1 aliphatic rings. The minimum atomic E-state index is -0.472. The average Bonchev–Trinajstić information content (AvgIpc) is 2.62. The first kappa shape index (κ1) is 16.5. The second-order valence-electron chi connectivity index (χ2n) is 6.81. The van der Waals surface area contributed by atoms with E-state index < -0.39 is 5.60 Å². The Morgan fingerprint density at radius 3 is 2.62 bits per heavy atom. The third kappa shape index (κ3) is 4.80. The van der Waals surface area contributed by atoms with E-state index in [9.17, 15) is 5.11 Å². The van der Waals surface area contributed by atoms with Crippen molar-refractivity contribution >= 4 is 0 Å². The fourth-order valence-electron chi connectivity index (χ4n) is 3.45. The highest BCUT2D eigenvalue weighted by molar-refractivity contribution is 5.19. The minimum Gasteiger partial charge on any atom is -0.390 e. The number of nitrogens with one attached hydrogen (secondary N) is 1. The summed E-state index contributed by atoms with van der Waals surface area (Å²) in [6.45, 7) is 7.47. The molecule has 2 rings (SSSR count). The zero-order valence-corrected chi connectivity index (χ0v) is 13.7. The Hall–Kier alpha value is -0.900. The van der Waals surface area contributed by atoms with E-state index in [1.807, 2.05) is 14.0 Å². The van der Waals surface area contributed by atoms with Crippen LogP contribution in [0.5, 0.6) is 0 Å². The largest absolute Gasteiger partial charge is 0.390 e. The van der Waals surface area contributed by atoms with Crippen molar-refractivity contribution in [2.45, 2.75) is 44.8 Å². The van der Waals surface area contributed by atoms with Crippen molar-refractivity contribution in [3.05, 3.63) is 35.9 Å². The Bertz CT molecular complexity index is 418. The average molecular weight is 290 g/mol. The lowest BCUT2D eigenvalue weighted by atomic mass is 9.94. The van der Waals surface area contributed by atoms with Crippen molar-refractivity contribution in [1.82, 2.24) is 10.2 Å². The van der Waals surface area contributed by atoms with Gasteiger partial charge in [-0.15, -0.1) is 0 Å². The highest BCUT2D eigenvalue weighted by atomic mass is 16.3. The molecular formula is C18H30N2O. The topological polar surface area (TPSA) is 35.5 Å². The second-order valence-corrected chi connectivity index (χ2v) is 6.81. The second kappa shape index (κ2) is 7.39. The van der Waals surface area contributed by atoms with Crippen LogP contribution in [0.1, 0.15) is 44.7 Å². The molecule has 3 atom stereocenters. The summed E-state index contributed by atoms with van der Waals surface area (Å²) in [7, 11) is 2.04. The van der Waals surface area contributed by atoms with Crippen LogP contribution >= 0.6 is 0 Å². The summed E-state index contributed by atoms with van der Waals surface area (Å²) in [5, 5.41) is 13.7. The van der Waals surface area contributed by atoms with Gasteiger partial charge in [0.2, 0.25) is 0 Å². The van der Waals surface area contributed by atoms with Gasteiger partial charge in [-0.2, -0.15) is 0 Å². The van der Waals surface area contributed by atoms with Crippen molar-refractivity contribution in [1.29, 1.82) is 0 Å². The summed E-state index contributed by atoms with van der Waals surface area (Å²) >= 11 is 0. The smallest absolute Gasteiger partial charge is 0.0632 e. The third-order valence-electron chi connectivity index (χ3n) is 4.74. The maximum absolute atomic E-state index is 10.2. The van der Waals surface area contributed by atoms with Crippen LogP contribution in [0.25, 0.3) is 0 Å². The van der Waals surface area contributed by atoms with Crippen LogP contribution in [0.4, 0.5) is 0 Å². The fourth-order valence-corrected chi connectivity index (χ4v) is 3.45. The molecule has 0 bridgehead atoms. The highest BCUT2D eigenvalue weighted by Gasteiger charge is 2.27. The molecule has 0 aromatic heterocycles. The number of likely N-dealkylation sites (tertiary alicyclic amines) is 1. The number of nitrogens with zero attached hydrogens (tertiary/aromatic N) is 1. The Balaban J connectivity index is 1.95. The number of hydrogen-bond donors (Lipinski definition) is 2. The van der Waals surface area contributed by atoms with E-state index in [1.54, 1.807) is 0 Å². The Labute approximate surface area is 129 Å². The van der Waals surface area contributed by atoms with Crippen molar-refractivity contribution < 1.29 is 5.11 Å². The fraction of sp³-hybridized carbons (Fsp3) is 0.667. The summed E-state index contributed by atoms with van der Waals surface area (Å²) in [6, 6.07) is 11.1. The Morgan fingerprint density at radius 1 is 1.24 bits per heavy atom. The number of aliphatic hydroxyl groups is 1. The third-order valence-corrected chi connectivity index (χ3v) is 4.74. The Kier molecular flexibility index (Phi) is 5.80. The molecule has 0 aliphatic carbocycles. The summed E-state index contributed by atoms with van der Waals surface area (Å²) in [4.78, 5) is 2.51. The van der Waals surface area contributed by atoms with Crippen LogP contribution in [0.15, 0.2) is 30.3 Å². The highest BCUT2D eigenvalue weighted by Crippen LogP contribution is 2.25. The van der Waals surface area contributed by atoms with Crippen LogP contribution in [0.2, 0.25) is 0 Å². The van der Waals surface area contributed by atoms with E-state index >= 15 is 0 Å². The van der Waals surface area contributed by atoms with Crippen LogP contribution in [0, 0.1) is 5.92 Å². The number of rotatable bonds is 5. The van der Waals surface area contributed by atoms with E-state index in [2.05, 4.69) is 47.5 Å². The first-order valence-corrected chi connectivity index (χ1v) is 8.19. The van der Waals surface area contributed by atoms with E-state index in [1.165, 1.54) is 5.56 Å². The summed E-state index contributed by atoms with van der Waals surface area (Å²) in [6.07, 6.45) is 2.90. The molecule has 0 radical (unpaired) electrons. The van der Waals surface area contributed by atoms with Crippen molar-refractivity contribution in [2.24, 2.45) is 5.92 Å². The van der Waals surface area contributed by atoms with Crippen molar-refractivity contribution in [2.75, 3.05) is 26.7 Å². The van der Waals surface area contributed by atoms with Crippen LogP contribution in [-0.2, 0) is 0 Å². The van der Waals surface area contributed by atoms with Gasteiger partial charge < -0.3 is 15.3 Å². The maximum atomic E-state index is 10.2. The van der Waals surface area contributed by atoms with E-state index in [4.69, 9.17) is 0 Å². The molecule has 118 valence electrons. The molecule has 1 aromatic rings. The van der Waals surface area contributed by atoms with Gasteiger partial charge in [-0.1, -0.05) is 37.3 Å². The van der Waals surface area contributed by atoms with Gasteiger partial charge in [-0.05, 0) is 51.3 Å². The van der Waals surface area contributed by atoms with Crippen LogP contribution in [-0.4, -0.2) is 42.3 Å². The normalized spacial score (nSPS) is 27.0. The van der Waals surface area contributed by atoms with Crippen molar-refractivity contribution in [3.8, 4) is 0 Å². The van der Waals surface area contributed by atoms with Crippen LogP contribution < -0.4 is 5.32 Å². The monoisotopic (exact) mass is 290 g/mol. The molecule has 3 heteroatoms. The zero-order chi connectivity index (χ0) is 15.3. The van der Waals surface area contributed by atoms with E-state index in [0.717, 1.165) is 38.9 Å². The first-order chi connectivity index (χ1) is 10.0. The van der Waals surface area contributed by atoms with Gasteiger partial charge in [0, 0.05) is 19.1 Å². The number of benzene rings is 1. The van der Waals surface area contributed by atoms with Gasteiger partial charge >= 0.3 is 0 Å². The first-order valence-electron chi connectivity index (χ1n) is 8.19. The zero-order valence-electron chi connectivity index (χ0n) is 13.7. The predicted molar refractivity (Wildman–Crippen MR) is 88.3 cm³/mol. The molecule has 1 aromatic carbocycles. The lowest BCUT2D eigenvalue weighted by Crippen LogP contribution is -2.36. The Morgan fingerprint density at radius 2 is 1.95 bits per heavy atom. The summed E-state index contributed by atoms with van der Waals surface area (Å²) in [5.74, 6) is 0.542. The molecule has 0 spiro atoms. The molecule has 1 fully saturated rings. The van der Waals surface area contributed by atoms with Gasteiger partial charge in [0.15, 0.2) is 0 Å². The van der Waals surface area contributed by atoms with Crippen LogP contribution in [0.3, 0.4) is 0 Å². The molecular weight excluding hydrogens is 260 g/mol. The predicted octanol–water partition coefficient (Wildman–Crippen LogP) is 2.82. The van der Waals surface area contributed by atoms with Gasteiger partial charge in [0.25, 0.3) is 0 Å². The van der Waals surface area contributed by atoms with Crippen molar-refractivity contribution in [3.63, 3.8) is 0 Å². The van der Waals surface area contributed by atoms with Gasteiger partial charge in [-0.3, -0.25) is 0 Å². The minimum absolute atomic E-state index is 0.384. The quantitative estimate of drug-likeness (QED) is 0.875. The molecule has 0 saturated carbocycles. The summed E-state index contributed by atoms with van der Waals surface area (Å²) in [5.41, 5.74) is 0.883. The van der Waals surface area contributed by atoms with E-state index in [-0.39, 0.29) is 0 Å². The van der Waals surface area contributed by atoms with Gasteiger partial charge in [0.05, 0.1) is 5.60 Å². The molecule has 1 saturated heterocycles. The van der Waals surface area contributed by atoms with Gasteiger partial charge in [0.1, 0.15) is 0 Å². The molecule has 3 nitrogen and oxygen atoms in total. The standard InChI is InChI=1S/C18H30N2O/c1-15(17(19-3)16-8-5-4-6-9-16)14-20-12-7-10-18(2,21)11-13-20/h4-6,8-9,15,17,19,21H,7,10-14H2,1-3H3. The molecule has 1 heterocycles. The molecule has 3 unspecified atom stereocenters. The summed E-state index contributed by atoms with van der Waals surface area (Å²) < 4.78 is 0. The number of hydrogen-bond acceptors (Lipinski definition) is 3. The molecule has 0 amide bonds. The molecule has 1 aliphatic heterocycles. The maximum Gasteiger partial charge on any atom is 0.0632 e. The lowest BCUT2D eigenvalue weighted by Gasteiger charge is -2.30.